The minimum atomic E-state index is -2.54. The summed E-state index contributed by atoms with van der Waals surface area (Å²) in [4.78, 5) is 7.93. The van der Waals surface area contributed by atoms with Crippen LogP contribution in [0.1, 0.15) is 6.92 Å². The van der Waals surface area contributed by atoms with Crippen LogP contribution in [-0.4, -0.2) is 27.5 Å². The molecule has 0 rings (SSSR count). The zero-order valence-corrected chi connectivity index (χ0v) is 6.02. The fourth-order valence-electron chi connectivity index (χ4n) is 0.349. The molecule has 1 atom stereocenters. The molecule has 6 heteroatoms. The SMILES string of the molecule is C=CC(=O)NC(C)[N+]([O-])(O)O. The number of nitrogens with one attached hydrogen (secondary N) is 1. The predicted molar refractivity (Wildman–Crippen MR) is 35.0 cm³/mol. The molecular formula is C5H10N2O4. The Bertz CT molecular complexity index is 162. The van der Waals surface area contributed by atoms with Crippen LogP contribution in [0.3, 0.4) is 0 Å². The van der Waals surface area contributed by atoms with Crippen LogP contribution in [0, 0.1) is 5.21 Å². The van der Waals surface area contributed by atoms with Gasteiger partial charge in [-0.15, -0.1) is 0 Å². The minimum Gasteiger partial charge on any atom is -0.563 e. The molecule has 0 fully saturated rings. The third kappa shape index (κ3) is 3.68. The molecule has 3 N–H and O–H groups in total. The maximum Gasteiger partial charge on any atom is 0.248 e. The fourth-order valence-corrected chi connectivity index (χ4v) is 0.349. The molecule has 1 unspecified atom stereocenters. The van der Waals surface area contributed by atoms with Crippen LogP contribution in [0.4, 0.5) is 0 Å². The summed E-state index contributed by atoms with van der Waals surface area (Å²) in [6.45, 7) is 4.26. The van der Waals surface area contributed by atoms with E-state index in [0.29, 0.717) is 0 Å². The van der Waals surface area contributed by atoms with Crippen molar-refractivity contribution in [3.8, 4) is 0 Å². The lowest BCUT2D eigenvalue weighted by Crippen LogP contribution is -2.52. The molecule has 0 radical (unpaired) electrons. The van der Waals surface area contributed by atoms with Crippen LogP contribution in [0.25, 0.3) is 0 Å². The fraction of sp³-hybridized carbons (Fsp3) is 0.400. The summed E-state index contributed by atoms with van der Waals surface area (Å²) >= 11 is 0. The molecule has 6 nitrogen and oxygen atoms in total. The Kier molecular flexibility index (Phi) is 3.15. The molecule has 0 spiro atoms. The second-order valence-corrected chi connectivity index (χ2v) is 1.98. The zero-order valence-electron chi connectivity index (χ0n) is 6.02. The number of rotatable bonds is 3. The van der Waals surface area contributed by atoms with Crippen molar-refractivity contribution in [2.75, 3.05) is 0 Å². The van der Waals surface area contributed by atoms with Gasteiger partial charge in [0.2, 0.25) is 12.1 Å². The topological polar surface area (TPSA) is 92.6 Å². The molecule has 0 aromatic rings. The third-order valence-electron chi connectivity index (χ3n) is 1.04. The molecule has 0 bridgehead atoms. The highest BCUT2D eigenvalue weighted by Gasteiger charge is 2.21. The molecule has 11 heavy (non-hydrogen) atoms. The van der Waals surface area contributed by atoms with Crippen LogP contribution in [0.2, 0.25) is 0 Å². The summed E-state index contributed by atoms with van der Waals surface area (Å²) < 4.78 is 0. The Morgan fingerprint density at radius 2 is 2.27 bits per heavy atom. The van der Waals surface area contributed by atoms with Gasteiger partial charge < -0.3 is 5.21 Å². The van der Waals surface area contributed by atoms with Gasteiger partial charge >= 0.3 is 0 Å². The first-order valence-electron chi connectivity index (χ1n) is 2.86. The Morgan fingerprint density at radius 1 is 1.82 bits per heavy atom. The van der Waals surface area contributed by atoms with Crippen molar-refractivity contribution in [3.05, 3.63) is 17.9 Å². The number of carbonyl (C=O) groups excluding carboxylic acids is 1. The normalized spacial score (nSPS) is 13.8. The van der Waals surface area contributed by atoms with Gasteiger partial charge in [0.15, 0.2) is 0 Å². The number of hydrogen-bond acceptors (Lipinski definition) is 4. The second kappa shape index (κ2) is 3.44. The van der Waals surface area contributed by atoms with Gasteiger partial charge in [-0.3, -0.25) is 10.1 Å². The van der Waals surface area contributed by atoms with E-state index in [1.165, 1.54) is 0 Å². The summed E-state index contributed by atoms with van der Waals surface area (Å²) in [5, 5.41) is 28.9. The van der Waals surface area contributed by atoms with Crippen LogP contribution >= 0.6 is 0 Å². The Labute approximate surface area is 63.4 Å². The van der Waals surface area contributed by atoms with E-state index in [-0.39, 0.29) is 0 Å². The highest BCUT2D eigenvalue weighted by atomic mass is 17.1. The molecule has 0 heterocycles. The largest absolute Gasteiger partial charge is 0.563 e. The van der Waals surface area contributed by atoms with Gasteiger partial charge in [-0.05, 0) is 6.08 Å². The van der Waals surface area contributed by atoms with Crippen molar-refractivity contribution in [2.24, 2.45) is 0 Å². The number of carbonyl (C=O) groups is 1. The van der Waals surface area contributed by atoms with Gasteiger partial charge in [0.1, 0.15) is 0 Å². The Balaban J connectivity index is 3.97. The minimum absolute atomic E-state index is 0.640. The smallest absolute Gasteiger partial charge is 0.248 e. The molecular weight excluding hydrogens is 152 g/mol. The van der Waals surface area contributed by atoms with Crippen LogP contribution < -0.4 is 5.32 Å². The van der Waals surface area contributed by atoms with Gasteiger partial charge in [0.25, 0.3) is 0 Å². The average Bonchev–Trinajstić information content (AvgIpc) is 1.85. The summed E-state index contributed by atoms with van der Waals surface area (Å²) in [6, 6.07) is 0. The summed E-state index contributed by atoms with van der Waals surface area (Å²) in [6.07, 6.45) is -0.410. The number of hydroxylamine groups is 3. The lowest BCUT2D eigenvalue weighted by molar-refractivity contribution is -1.23. The van der Waals surface area contributed by atoms with Gasteiger partial charge in [-0.1, -0.05) is 11.6 Å². The highest BCUT2D eigenvalue weighted by Crippen LogP contribution is 1.97. The van der Waals surface area contributed by atoms with Crippen molar-refractivity contribution in [2.45, 2.75) is 13.1 Å². The first kappa shape index (κ1) is 10.0. The van der Waals surface area contributed by atoms with Crippen LogP contribution in [0.15, 0.2) is 12.7 Å². The van der Waals surface area contributed by atoms with E-state index in [4.69, 9.17) is 10.4 Å². The van der Waals surface area contributed by atoms with Gasteiger partial charge in [0, 0.05) is 6.92 Å². The maximum atomic E-state index is 10.5. The van der Waals surface area contributed by atoms with E-state index in [1.54, 1.807) is 0 Å². The molecule has 0 aromatic carbocycles. The highest BCUT2D eigenvalue weighted by molar-refractivity contribution is 5.86. The number of nitrogens with zero attached hydrogens (tertiary/aromatic N) is 1. The first-order valence-corrected chi connectivity index (χ1v) is 2.86. The van der Waals surface area contributed by atoms with E-state index < -0.39 is 17.0 Å². The maximum absolute atomic E-state index is 10.5. The Hall–Kier alpha value is -0.950. The molecule has 0 aromatic heterocycles. The molecule has 1 amide bonds. The molecule has 0 aliphatic heterocycles. The zero-order chi connectivity index (χ0) is 9.07. The molecule has 0 saturated carbocycles. The average molecular weight is 162 g/mol. The van der Waals surface area contributed by atoms with Crippen molar-refractivity contribution < 1.29 is 20.2 Å². The van der Waals surface area contributed by atoms with Crippen molar-refractivity contribution in [3.63, 3.8) is 0 Å². The van der Waals surface area contributed by atoms with E-state index in [2.05, 4.69) is 6.58 Å². The number of amides is 1. The predicted octanol–water partition coefficient (Wildman–Crippen LogP) is -0.272. The summed E-state index contributed by atoms with van der Waals surface area (Å²) in [7, 11) is 0. The molecule has 0 saturated heterocycles. The Morgan fingerprint density at radius 3 is 2.55 bits per heavy atom. The standard InChI is InChI=1S/C5H10N2O4/c1-3-5(8)6-4(2)7(9,10)11/h3-4,9-10H,1H2,2H3,(H,6,8). The quantitative estimate of drug-likeness (QED) is 0.230. The van der Waals surface area contributed by atoms with Gasteiger partial charge in [-0.25, -0.2) is 0 Å². The molecule has 0 aliphatic carbocycles. The van der Waals surface area contributed by atoms with Crippen LogP contribution in [0.5, 0.6) is 0 Å². The van der Waals surface area contributed by atoms with Gasteiger partial charge in [-0.2, -0.15) is 10.4 Å². The third-order valence-corrected chi connectivity index (χ3v) is 1.04. The van der Waals surface area contributed by atoms with E-state index in [9.17, 15) is 10.0 Å². The van der Waals surface area contributed by atoms with Crippen molar-refractivity contribution in [1.82, 2.24) is 5.32 Å². The first-order chi connectivity index (χ1) is 4.88. The molecule has 64 valence electrons. The lowest BCUT2D eigenvalue weighted by Gasteiger charge is -2.29. The van der Waals surface area contributed by atoms with Crippen LogP contribution in [-0.2, 0) is 4.79 Å². The van der Waals surface area contributed by atoms with E-state index in [1.807, 2.05) is 5.32 Å². The monoisotopic (exact) mass is 162 g/mol. The van der Waals surface area contributed by atoms with Crippen molar-refractivity contribution in [1.29, 1.82) is 0 Å². The summed E-state index contributed by atoms with van der Waals surface area (Å²) in [5.41, 5.74) is 0. The van der Waals surface area contributed by atoms with Gasteiger partial charge in [0.05, 0.1) is 0 Å². The number of hydrogen-bond donors (Lipinski definition) is 3. The lowest BCUT2D eigenvalue weighted by atomic mass is 10.5. The second-order valence-electron chi connectivity index (χ2n) is 1.98. The van der Waals surface area contributed by atoms with Crippen molar-refractivity contribution >= 4 is 5.91 Å². The molecule has 0 aliphatic rings. The van der Waals surface area contributed by atoms with E-state index in [0.717, 1.165) is 13.0 Å². The number of quaternary nitrogens is 1. The summed E-state index contributed by atoms with van der Waals surface area (Å²) in [5.74, 6) is -0.640. The van der Waals surface area contributed by atoms with E-state index >= 15 is 0 Å².